The van der Waals surface area contributed by atoms with Gasteiger partial charge in [-0.3, -0.25) is 4.79 Å². The number of aryl methyl sites for hydroxylation is 1. The Kier molecular flexibility index (Phi) is 5.22. The van der Waals surface area contributed by atoms with Crippen LogP contribution >= 0.6 is 22.7 Å². The minimum Gasteiger partial charge on any atom is -0.394 e. The lowest BCUT2D eigenvalue weighted by Gasteiger charge is -2.07. The van der Waals surface area contributed by atoms with E-state index >= 15 is 0 Å². The molecule has 1 amide bonds. The smallest absolute Gasteiger partial charge is 0.225 e. The van der Waals surface area contributed by atoms with E-state index in [1.165, 1.54) is 5.56 Å². The van der Waals surface area contributed by atoms with E-state index in [0.717, 1.165) is 17.0 Å². The van der Waals surface area contributed by atoms with Gasteiger partial charge in [-0.1, -0.05) is 6.07 Å². The molecule has 0 saturated heterocycles. The van der Waals surface area contributed by atoms with E-state index in [1.54, 1.807) is 27.4 Å². The average Bonchev–Trinajstić information content (AvgIpc) is 3.28. The van der Waals surface area contributed by atoms with Gasteiger partial charge >= 0.3 is 0 Å². The number of thiophene rings is 2. The molecule has 0 atom stereocenters. The lowest BCUT2D eigenvalue weighted by molar-refractivity contribution is -0.116. The maximum absolute atomic E-state index is 12.2. The number of aliphatic hydroxyl groups excluding tert-OH is 1. The summed E-state index contributed by atoms with van der Waals surface area (Å²) >= 11 is 3.23. The molecule has 120 valence electrons. The normalized spacial score (nSPS) is 10.8. The molecule has 5 nitrogen and oxygen atoms in total. The molecule has 0 unspecified atom stereocenters. The molecule has 3 rings (SSSR count). The molecule has 7 heteroatoms. The number of amides is 1. The number of carbonyl (C=O) groups excluding carboxylic acids is 1. The molecule has 3 aromatic rings. The molecule has 0 fully saturated rings. The zero-order chi connectivity index (χ0) is 16.1. The molecule has 0 bridgehead atoms. The number of aliphatic hydroxyl groups is 1. The second kappa shape index (κ2) is 7.54. The van der Waals surface area contributed by atoms with Crippen molar-refractivity contribution in [2.24, 2.45) is 0 Å². The van der Waals surface area contributed by atoms with E-state index in [9.17, 15) is 9.90 Å². The molecular formula is C16H17N3O2S2. The fourth-order valence-corrected chi connectivity index (χ4v) is 3.61. The number of hydrogen-bond acceptors (Lipinski definition) is 5. The van der Waals surface area contributed by atoms with E-state index in [4.69, 9.17) is 0 Å². The summed E-state index contributed by atoms with van der Waals surface area (Å²) in [6, 6.07) is 7.83. The van der Waals surface area contributed by atoms with Crippen molar-refractivity contribution in [3.05, 3.63) is 46.0 Å². The van der Waals surface area contributed by atoms with E-state index in [0.29, 0.717) is 18.8 Å². The quantitative estimate of drug-likeness (QED) is 0.689. The third kappa shape index (κ3) is 4.07. The number of carbonyl (C=O) groups is 1. The molecule has 0 aliphatic heterocycles. The lowest BCUT2D eigenvalue weighted by atomic mass is 10.2. The molecule has 0 aromatic carbocycles. The fraction of sp³-hybridized carbons (Fsp3) is 0.250. The Morgan fingerprint density at radius 3 is 2.96 bits per heavy atom. The van der Waals surface area contributed by atoms with E-state index in [2.05, 4.69) is 15.8 Å². The summed E-state index contributed by atoms with van der Waals surface area (Å²) in [7, 11) is 0. The van der Waals surface area contributed by atoms with Crippen molar-refractivity contribution >= 4 is 34.4 Å². The Hall–Kier alpha value is -1.96. The second-order valence-electron chi connectivity index (χ2n) is 5.02. The number of aromatic nitrogens is 2. The van der Waals surface area contributed by atoms with Crippen LogP contribution in [0, 0.1) is 0 Å². The minimum atomic E-state index is -0.0481. The molecule has 0 aliphatic rings. The maximum atomic E-state index is 12.2. The van der Waals surface area contributed by atoms with Gasteiger partial charge in [0.25, 0.3) is 0 Å². The van der Waals surface area contributed by atoms with Gasteiger partial charge in [-0.2, -0.15) is 16.4 Å². The van der Waals surface area contributed by atoms with Crippen LogP contribution in [0.4, 0.5) is 5.82 Å². The Balaban J connectivity index is 1.69. The van der Waals surface area contributed by atoms with Crippen molar-refractivity contribution in [3.63, 3.8) is 0 Å². The Morgan fingerprint density at radius 2 is 2.26 bits per heavy atom. The van der Waals surface area contributed by atoms with Gasteiger partial charge < -0.3 is 10.4 Å². The van der Waals surface area contributed by atoms with Crippen molar-refractivity contribution in [1.82, 2.24) is 9.78 Å². The van der Waals surface area contributed by atoms with Crippen LogP contribution in [-0.2, 0) is 17.8 Å². The van der Waals surface area contributed by atoms with Crippen molar-refractivity contribution in [2.45, 2.75) is 19.4 Å². The molecule has 0 radical (unpaired) electrons. The molecule has 0 aliphatic carbocycles. The summed E-state index contributed by atoms with van der Waals surface area (Å²) < 4.78 is 1.64. The minimum absolute atomic E-state index is 0.0245. The van der Waals surface area contributed by atoms with Crippen LogP contribution in [0.3, 0.4) is 0 Å². The van der Waals surface area contributed by atoms with Gasteiger partial charge in [-0.25, -0.2) is 4.68 Å². The second-order valence-corrected chi connectivity index (χ2v) is 6.75. The van der Waals surface area contributed by atoms with Crippen LogP contribution in [0.25, 0.3) is 10.6 Å². The zero-order valence-electron chi connectivity index (χ0n) is 12.4. The van der Waals surface area contributed by atoms with E-state index in [-0.39, 0.29) is 12.5 Å². The van der Waals surface area contributed by atoms with Crippen LogP contribution in [0.5, 0.6) is 0 Å². The summed E-state index contributed by atoms with van der Waals surface area (Å²) in [5.41, 5.74) is 1.98. The SMILES string of the molecule is O=C(CCc1ccsc1)Nc1cc(-c2cccs2)nn1CCO. The first-order chi connectivity index (χ1) is 11.3. The van der Waals surface area contributed by atoms with Crippen LogP contribution in [0.1, 0.15) is 12.0 Å². The highest BCUT2D eigenvalue weighted by Gasteiger charge is 2.12. The Labute approximate surface area is 142 Å². The van der Waals surface area contributed by atoms with Crippen molar-refractivity contribution in [2.75, 3.05) is 11.9 Å². The molecule has 23 heavy (non-hydrogen) atoms. The van der Waals surface area contributed by atoms with Gasteiger partial charge in [0.15, 0.2) is 0 Å². The first-order valence-corrected chi connectivity index (χ1v) is 9.12. The predicted octanol–water partition coefficient (Wildman–Crippen LogP) is 3.24. The van der Waals surface area contributed by atoms with Gasteiger partial charge in [0.2, 0.25) is 5.91 Å². The standard InChI is InChI=1S/C16H17N3O2S2/c20-7-6-19-15(10-13(18-19)14-2-1-8-23-14)17-16(21)4-3-12-5-9-22-11-12/h1-2,5,8-11,20H,3-4,6-7H2,(H,17,21). The van der Waals surface area contributed by atoms with E-state index < -0.39 is 0 Å². The first-order valence-electron chi connectivity index (χ1n) is 7.30. The monoisotopic (exact) mass is 347 g/mol. The third-order valence-corrected chi connectivity index (χ3v) is 4.98. The molecule has 2 N–H and O–H groups in total. The average molecular weight is 347 g/mol. The van der Waals surface area contributed by atoms with Gasteiger partial charge in [0.05, 0.1) is 18.0 Å². The summed E-state index contributed by atoms with van der Waals surface area (Å²) in [4.78, 5) is 13.2. The van der Waals surface area contributed by atoms with Gasteiger partial charge in [-0.15, -0.1) is 11.3 Å². The third-order valence-electron chi connectivity index (χ3n) is 3.35. The van der Waals surface area contributed by atoms with Crippen LogP contribution in [0.2, 0.25) is 0 Å². The van der Waals surface area contributed by atoms with Crippen LogP contribution in [0.15, 0.2) is 40.4 Å². The predicted molar refractivity (Wildman–Crippen MR) is 93.9 cm³/mol. The molecule has 3 heterocycles. The van der Waals surface area contributed by atoms with E-state index in [1.807, 2.05) is 35.0 Å². The summed E-state index contributed by atoms with van der Waals surface area (Å²) in [5.74, 6) is 0.575. The van der Waals surface area contributed by atoms with Crippen LogP contribution < -0.4 is 5.32 Å². The summed E-state index contributed by atoms with van der Waals surface area (Å²) in [5, 5.41) is 22.6. The highest BCUT2D eigenvalue weighted by atomic mass is 32.1. The Morgan fingerprint density at radius 1 is 1.35 bits per heavy atom. The molecular weight excluding hydrogens is 330 g/mol. The fourth-order valence-electron chi connectivity index (χ4n) is 2.23. The van der Waals surface area contributed by atoms with Gasteiger partial charge in [0.1, 0.15) is 11.5 Å². The largest absolute Gasteiger partial charge is 0.394 e. The number of rotatable bonds is 7. The molecule has 0 spiro atoms. The zero-order valence-corrected chi connectivity index (χ0v) is 14.1. The van der Waals surface area contributed by atoms with Gasteiger partial charge in [0, 0.05) is 12.5 Å². The lowest BCUT2D eigenvalue weighted by Crippen LogP contribution is -2.16. The highest BCUT2D eigenvalue weighted by Crippen LogP contribution is 2.26. The number of hydrogen-bond donors (Lipinski definition) is 2. The van der Waals surface area contributed by atoms with Crippen LogP contribution in [-0.4, -0.2) is 27.4 Å². The topological polar surface area (TPSA) is 67.2 Å². The Bertz CT molecular complexity index is 748. The van der Waals surface area contributed by atoms with Crippen molar-refractivity contribution in [3.8, 4) is 10.6 Å². The van der Waals surface area contributed by atoms with Gasteiger partial charge in [-0.05, 0) is 40.3 Å². The summed E-state index contributed by atoms with van der Waals surface area (Å²) in [6.45, 7) is 0.328. The first kappa shape index (κ1) is 15.9. The molecule has 3 aromatic heterocycles. The summed E-state index contributed by atoms with van der Waals surface area (Å²) in [6.07, 6.45) is 1.15. The maximum Gasteiger partial charge on any atom is 0.225 e. The highest BCUT2D eigenvalue weighted by molar-refractivity contribution is 7.13. The number of nitrogens with zero attached hydrogens (tertiary/aromatic N) is 2. The van der Waals surface area contributed by atoms with Crippen molar-refractivity contribution < 1.29 is 9.90 Å². The van der Waals surface area contributed by atoms with Crippen molar-refractivity contribution in [1.29, 1.82) is 0 Å². The molecule has 0 saturated carbocycles. The number of nitrogens with one attached hydrogen (secondary N) is 1. The number of anilines is 1.